The second kappa shape index (κ2) is 8.43. The lowest BCUT2D eigenvalue weighted by atomic mass is 10.1. The lowest BCUT2D eigenvalue weighted by Gasteiger charge is -2.14. The van der Waals surface area contributed by atoms with Gasteiger partial charge < -0.3 is 10.1 Å². The van der Waals surface area contributed by atoms with Crippen LogP contribution in [0.2, 0.25) is 0 Å². The fraction of sp³-hybridized carbons (Fsp3) is 0.300. The summed E-state index contributed by atoms with van der Waals surface area (Å²) in [6.07, 6.45) is 0. The van der Waals surface area contributed by atoms with Crippen molar-refractivity contribution in [1.29, 1.82) is 0 Å². The summed E-state index contributed by atoms with van der Waals surface area (Å²) in [7, 11) is 1.60. The summed E-state index contributed by atoms with van der Waals surface area (Å²) < 4.78 is 7.02. The van der Waals surface area contributed by atoms with Crippen molar-refractivity contribution in [3.05, 3.63) is 53.1 Å². The van der Waals surface area contributed by atoms with E-state index in [2.05, 4.69) is 20.8 Å². The van der Waals surface area contributed by atoms with Gasteiger partial charge in [0.1, 0.15) is 11.4 Å². The molecule has 3 aromatic rings. The highest BCUT2D eigenvalue weighted by atomic mass is 32.2. The summed E-state index contributed by atoms with van der Waals surface area (Å²) in [5.41, 5.74) is 4.78. The Morgan fingerprint density at radius 1 is 1.14 bits per heavy atom. The average molecular weight is 398 g/mol. The Bertz CT molecular complexity index is 1000. The van der Waals surface area contributed by atoms with Gasteiger partial charge in [-0.15, -0.1) is 5.10 Å². The molecule has 0 bridgehead atoms. The van der Waals surface area contributed by atoms with E-state index in [4.69, 9.17) is 4.74 Å². The largest absolute Gasteiger partial charge is 0.494 e. The highest BCUT2D eigenvalue weighted by Gasteiger charge is 2.21. The topological polar surface area (TPSA) is 81.9 Å². The second-order valence-electron chi connectivity index (χ2n) is 6.62. The standard InChI is InChI=1S/C20H23N5O2S/c1-12-6-8-16(14(3)10-12)21-19(26)15(4)28-20-22-23-24-25(20)17-11-13(2)7-9-18(17)27-5/h6-11,15H,1-5H3,(H,21,26). The molecule has 0 spiro atoms. The van der Waals surface area contributed by atoms with Crippen molar-refractivity contribution in [3.8, 4) is 11.4 Å². The van der Waals surface area contributed by atoms with E-state index in [0.717, 1.165) is 28.1 Å². The number of thioether (sulfide) groups is 1. The van der Waals surface area contributed by atoms with Crippen LogP contribution in [-0.2, 0) is 4.79 Å². The monoisotopic (exact) mass is 397 g/mol. The minimum atomic E-state index is -0.388. The van der Waals surface area contributed by atoms with Crippen LogP contribution in [-0.4, -0.2) is 38.5 Å². The van der Waals surface area contributed by atoms with Crippen LogP contribution in [0.15, 0.2) is 41.6 Å². The highest BCUT2D eigenvalue weighted by Crippen LogP contribution is 2.29. The van der Waals surface area contributed by atoms with E-state index in [0.29, 0.717) is 10.9 Å². The zero-order valence-electron chi connectivity index (χ0n) is 16.6. The molecule has 1 amide bonds. The van der Waals surface area contributed by atoms with E-state index in [9.17, 15) is 4.79 Å². The number of benzene rings is 2. The molecule has 0 aliphatic heterocycles. The van der Waals surface area contributed by atoms with Crippen LogP contribution in [0.4, 0.5) is 5.69 Å². The minimum absolute atomic E-state index is 0.109. The first-order valence-electron chi connectivity index (χ1n) is 8.87. The van der Waals surface area contributed by atoms with Gasteiger partial charge in [0, 0.05) is 5.69 Å². The van der Waals surface area contributed by atoms with E-state index >= 15 is 0 Å². The molecule has 1 unspecified atom stereocenters. The van der Waals surface area contributed by atoms with Gasteiger partial charge in [0.15, 0.2) is 0 Å². The third-order valence-electron chi connectivity index (χ3n) is 4.29. The predicted molar refractivity (Wildman–Crippen MR) is 110 cm³/mol. The molecular formula is C20H23N5O2S. The molecule has 0 aliphatic carbocycles. The molecule has 146 valence electrons. The van der Waals surface area contributed by atoms with E-state index in [1.165, 1.54) is 11.8 Å². The van der Waals surface area contributed by atoms with Crippen LogP contribution in [0.3, 0.4) is 0 Å². The molecule has 7 nitrogen and oxygen atoms in total. The van der Waals surface area contributed by atoms with E-state index in [-0.39, 0.29) is 11.2 Å². The number of anilines is 1. The number of rotatable bonds is 6. The van der Waals surface area contributed by atoms with Gasteiger partial charge in [-0.25, -0.2) is 0 Å². The minimum Gasteiger partial charge on any atom is -0.494 e. The van der Waals surface area contributed by atoms with Gasteiger partial charge >= 0.3 is 0 Å². The lowest BCUT2D eigenvalue weighted by molar-refractivity contribution is -0.115. The fourth-order valence-electron chi connectivity index (χ4n) is 2.77. The maximum atomic E-state index is 12.7. The first-order valence-corrected chi connectivity index (χ1v) is 9.75. The van der Waals surface area contributed by atoms with Crippen LogP contribution in [0.1, 0.15) is 23.6 Å². The van der Waals surface area contributed by atoms with Gasteiger partial charge in [0.05, 0.1) is 12.4 Å². The van der Waals surface area contributed by atoms with Crippen molar-refractivity contribution in [2.75, 3.05) is 12.4 Å². The number of hydrogen-bond acceptors (Lipinski definition) is 6. The molecule has 1 aromatic heterocycles. The number of ether oxygens (including phenoxy) is 1. The number of carbonyl (C=O) groups excluding carboxylic acids is 1. The van der Waals surface area contributed by atoms with Crippen LogP contribution in [0.25, 0.3) is 5.69 Å². The number of nitrogens with zero attached hydrogens (tertiary/aromatic N) is 4. The molecule has 8 heteroatoms. The molecule has 0 aliphatic rings. The number of carbonyl (C=O) groups is 1. The quantitative estimate of drug-likeness (QED) is 0.639. The zero-order valence-corrected chi connectivity index (χ0v) is 17.4. The molecule has 0 saturated carbocycles. The van der Waals surface area contributed by atoms with Gasteiger partial charge in [0.25, 0.3) is 0 Å². The fourth-order valence-corrected chi connectivity index (χ4v) is 3.57. The maximum Gasteiger partial charge on any atom is 0.237 e. The molecule has 2 aromatic carbocycles. The summed E-state index contributed by atoms with van der Waals surface area (Å²) in [6.45, 7) is 7.82. The number of nitrogens with one attached hydrogen (secondary N) is 1. The van der Waals surface area contributed by atoms with Crippen LogP contribution >= 0.6 is 11.8 Å². The second-order valence-corrected chi connectivity index (χ2v) is 7.92. The van der Waals surface area contributed by atoms with Crippen molar-refractivity contribution in [2.24, 2.45) is 0 Å². The molecule has 0 fully saturated rings. The third-order valence-corrected chi connectivity index (χ3v) is 5.33. The first-order chi connectivity index (χ1) is 13.4. The number of amides is 1. The molecule has 0 saturated heterocycles. The van der Waals surface area contributed by atoms with Gasteiger partial charge in [0.2, 0.25) is 11.1 Å². The Labute approximate surface area is 168 Å². The van der Waals surface area contributed by atoms with E-state index in [1.54, 1.807) is 11.8 Å². The average Bonchev–Trinajstić information content (AvgIpc) is 3.11. The summed E-state index contributed by atoms with van der Waals surface area (Å²) in [5, 5.41) is 15.1. The van der Waals surface area contributed by atoms with Crippen molar-refractivity contribution in [3.63, 3.8) is 0 Å². The molecule has 1 heterocycles. The summed E-state index contributed by atoms with van der Waals surface area (Å²) in [6, 6.07) is 11.7. The molecular weight excluding hydrogens is 374 g/mol. The molecule has 28 heavy (non-hydrogen) atoms. The Balaban J connectivity index is 1.79. The van der Waals surface area contributed by atoms with Crippen molar-refractivity contribution in [1.82, 2.24) is 20.2 Å². The molecule has 1 atom stereocenters. The summed E-state index contributed by atoms with van der Waals surface area (Å²) >= 11 is 1.29. The lowest BCUT2D eigenvalue weighted by Crippen LogP contribution is -2.23. The van der Waals surface area contributed by atoms with Crippen LogP contribution in [0.5, 0.6) is 5.75 Å². The van der Waals surface area contributed by atoms with Crippen molar-refractivity contribution in [2.45, 2.75) is 38.1 Å². The van der Waals surface area contributed by atoms with Crippen molar-refractivity contribution >= 4 is 23.4 Å². The SMILES string of the molecule is COc1ccc(C)cc1-n1nnnc1SC(C)C(=O)Nc1ccc(C)cc1C. The number of aromatic nitrogens is 4. The van der Waals surface area contributed by atoms with Gasteiger partial charge in [-0.3, -0.25) is 4.79 Å². The normalized spacial score (nSPS) is 11.9. The smallest absolute Gasteiger partial charge is 0.237 e. The molecule has 1 N–H and O–H groups in total. The van der Waals surface area contributed by atoms with E-state index in [1.807, 2.05) is 64.1 Å². The van der Waals surface area contributed by atoms with Crippen molar-refractivity contribution < 1.29 is 9.53 Å². The maximum absolute atomic E-state index is 12.7. The summed E-state index contributed by atoms with van der Waals surface area (Å²) in [5.74, 6) is 0.551. The third kappa shape index (κ3) is 4.33. The Morgan fingerprint density at radius 3 is 2.57 bits per heavy atom. The molecule has 0 radical (unpaired) electrons. The van der Waals surface area contributed by atoms with Gasteiger partial charge in [-0.2, -0.15) is 4.68 Å². The molecule has 3 rings (SSSR count). The summed E-state index contributed by atoms with van der Waals surface area (Å²) in [4.78, 5) is 12.7. The highest BCUT2D eigenvalue weighted by molar-refractivity contribution is 8.00. The zero-order chi connectivity index (χ0) is 20.3. The Hall–Kier alpha value is -2.87. The van der Waals surface area contributed by atoms with E-state index < -0.39 is 0 Å². The number of tetrazole rings is 1. The number of hydrogen-bond donors (Lipinski definition) is 1. The van der Waals surface area contributed by atoms with Gasteiger partial charge in [-0.1, -0.05) is 35.5 Å². The number of aryl methyl sites for hydroxylation is 3. The van der Waals surface area contributed by atoms with Crippen LogP contribution in [0, 0.1) is 20.8 Å². The number of methoxy groups -OCH3 is 1. The van der Waals surface area contributed by atoms with Gasteiger partial charge in [-0.05, 0) is 67.4 Å². The predicted octanol–water partition coefficient (Wildman–Crippen LogP) is 3.72. The van der Waals surface area contributed by atoms with Crippen LogP contribution < -0.4 is 10.1 Å². The Kier molecular flexibility index (Phi) is 5.99. The Morgan fingerprint density at radius 2 is 1.86 bits per heavy atom. The first kappa shape index (κ1) is 19.9.